The van der Waals surface area contributed by atoms with E-state index in [2.05, 4.69) is 10.4 Å². The van der Waals surface area contributed by atoms with Crippen molar-refractivity contribution in [3.63, 3.8) is 0 Å². The van der Waals surface area contributed by atoms with E-state index in [9.17, 15) is 31.6 Å². The van der Waals surface area contributed by atoms with E-state index < -0.39 is 27.5 Å². The third-order valence-corrected chi connectivity index (χ3v) is 6.33. The monoisotopic (exact) mass is 510 g/mol. The first-order valence-corrected chi connectivity index (χ1v) is 12.2. The molecule has 11 heteroatoms. The quantitative estimate of drug-likeness (QED) is 0.403. The van der Waals surface area contributed by atoms with E-state index in [1.54, 1.807) is 24.3 Å². The summed E-state index contributed by atoms with van der Waals surface area (Å²) in [5.41, 5.74) is 0.460. The van der Waals surface area contributed by atoms with Crippen LogP contribution in [-0.4, -0.2) is 30.4 Å². The minimum Gasteiger partial charge on any atom is -0.322 e. The number of nitriles is 1. The highest BCUT2D eigenvalue weighted by molar-refractivity contribution is 7.90. The first kappa shape index (κ1) is 24.7. The number of rotatable bonds is 5. The van der Waals surface area contributed by atoms with Crippen LogP contribution in [0.1, 0.15) is 21.5 Å². The van der Waals surface area contributed by atoms with Gasteiger partial charge in [-0.1, -0.05) is 24.3 Å². The molecule has 182 valence electrons. The van der Waals surface area contributed by atoms with E-state index in [4.69, 9.17) is 0 Å². The summed E-state index contributed by atoms with van der Waals surface area (Å²) in [7, 11) is -3.46. The molecule has 1 N–H and O–H groups in total. The third-order valence-electron chi connectivity index (χ3n) is 5.20. The molecule has 0 aliphatic heterocycles. The summed E-state index contributed by atoms with van der Waals surface area (Å²) in [6.45, 7) is 0. The molecule has 0 atom stereocenters. The summed E-state index contributed by atoms with van der Waals surface area (Å²) in [4.78, 5) is 13.2. The van der Waals surface area contributed by atoms with Crippen LogP contribution in [0.3, 0.4) is 0 Å². The van der Waals surface area contributed by atoms with E-state index in [1.807, 2.05) is 6.07 Å². The summed E-state index contributed by atoms with van der Waals surface area (Å²) in [5.74, 6) is -0.723. The predicted octanol–water partition coefficient (Wildman–Crippen LogP) is 5.09. The van der Waals surface area contributed by atoms with Crippen molar-refractivity contribution in [2.45, 2.75) is 11.1 Å². The molecule has 1 heterocycles. The number of sulfone groups is 1. The number of nitrogens with one attached hydrogen (secondary N) is 1. The fraction of sp³-hybridized carbons (Fsp3) is 0.0800. The van der Waals surface area contributed by atoms with E-state index in [1.165, 1.54) is 47.3 Å². The van der Waals surface area contributed by atoms with Gasteiger partial charge in [-0.15, -0.1) is 0 Å². The molecule has 0 spiro atoms. The number of alkyl halides is 3. The molecule has 0 fully saturated rings. The summed E-state index contributed by atoms with van der Waals surface area (Å²) < 4.78 is 64.3. The Hall–Kier alpha value is -4.43. The number of halogens is 3. The third kappa shape index (κ3) is 5.29. The first-order valence-electron chi connectivity index (χ1n) is 10.3. The van der Waals surface area contributed by atoms with Gasteiger partial charge in [-0.2, -0.15) is 23.5 Å². The van der Waals surface area contributed by atoms with Gasteiger partial charge in [0, 0.05) is 23.7 Å². The van der Waals surface area contributed by atoms with Crippen molar-refractivity contribution in [1.82, 2.24) is 9.78 Å². The fourth-order valence-corrected chi connectivity index (χ4v) is 4.07. The topological polar surface area (TPSA) is 105 Å². The van der Waals surface area contributed by atoms with Crippen LogP contribution in [0, 0.1) is 11.3 Å². The summed E-state index contributed by atoms with van der Waals surface area (Å²) >= 11 is 0. The van der Waals surface area contributed by atoms with E-state index >= 15 is 0 Å². The molecule has 0 aliphatic carbocycles. The van der Waals surface area contributed by atoms with E-state index in [0.717, 1.165) is 18.4 Å². The van der Waals surface area contributed by atoms with Crippen LogP contribution in [0.25, 0.3) is 16.9 Å². The smallest absolute Gasteiger partial charge is 0.322 e. The maximum atomic E-state index is 13.2. The lowest BCUT2D eigenvalue weighted by Crippen LogP contribution is -2.13. The lowest BCUT2D eigenvalue weighted by molar-refractivity contribution is -0.137. The second-order valence-corrected chi connectivity index (χ2v) is 9.84. The maximum Gasteiger partial charge on any atom is 0.416 e. The van der Waals surface area contributed by atoms with Gasteiger partial charge in [0.2, 0.25) is 0 Å². The minimum absolute atomic E-state index is 0.0295. The zero-order valence-corrected chi connectivity index (χ0v) is 19.4. The number of hydrogen-bond acceptors (Lipinski definition) is 5. The van der Waals surface area contributed by atoms with Gasteiger partial charge in [0.1, 0.15) is 5.69 Å². The Labute approximate surface area is 204 Å². The van der Waals surface area contributed by atoms with Crippen LogP contribution in [0.15, 0.2) is 83.9 Å². The Balaban J connectivity index is 1.78. The zero-order valence-electron chi connectivity index (χ0n) is 18.6. The van der Waals surface area contributed by atoms with Crippen molar-refractivity contribution < 1.29 is 26.4 Å². The number of nitrogens with zero attached hydrogens (tertiary/aromatic N) is 3. The van der Waals surface area contributed by atoms with Gasteiger partial charge in [-0.25, -0.2) is 13.1 Å². The Morgan fingerprint density at radius 1 is 1.03 bits per heavy atom. The Kier molecular flexibility index (Phi) is 6.39. The molecule has 36 heavy (non-hydrogen) atoms. The van der Waals surface area contributed by atoms with Gasteiger partial charge in [-0.05, 0) is 48.5 Å². The van der Waals surface area contributed by atoms with Crippen molar-refractivity contribution in [3.8, 4) is 23.0 Å². The lowest BCUT2D eigenvalue weighted by Gasteiger charge is -2.10. The van der Waals surface area contributed by atoms with Crippen molar-refractivity contribution in [1.29, 1.82) is 5.26 Å². The van der Waals surface area contributed by atoms with Crippen LogP contribution < -0.4 is 5.32 Å². The van der Waals surface area contributed by atoms with Crippen molar-refractivity contribution in [2.24, 2.45) is 0 Å². The predicted molar refractivity (Wildman–Crippen MR) is 126 cm³/mol. The highest BCUT2D eigenvalue weighted by Gasteiger charge is 2.30. The Morgan fingerprint density at radius 3 is 2.36 bits per heavy atom. The maximum absolute atomic E-state index is 13.2. The summed E-state index contributed by atoms with van der Waals surface area (Å²) in [5, 5.41) is 16.1. The van der Waals surface area contributed by atoms with Crippen LogP contribution in [0.2, 0.25) is 0 Å². The molecule has 0 aliphatic rings. The number of amides is 1. The molecule has 0 saturated heterocycles. The molecular weight excluding hydrogens is 493 g/mol. The lowest BCUT2D eigenvalue weighted by atomic mass is 10.1. The molecular formula is C25H17F3N4O3S. The van der Waals surface area contributed by atoms with Gasteiger partial charge >= 0.3 is 6.18 Å². The molecule has 0 saturated carbocycles. The summed E-state index contributed by atoms with van der Waals surface area (Å²) in [6, 6.07) is 18.4. The number of hydrogen-bond donors (Lipinski definition) is 1. The summed E-state index contributed by atoms with van der Waals surface area (Å²) in [6.07, 6.45) is -2.13. The largest absolute Gasteiger partial charge is 0.416 e. The van der Waals surface area contributed by atoms with Crippen LogP contribution in [-0.2, 0) is 16.0 Å². The average Bonchev–Trinajstić information content (AvgIpc) is 3.29. The normalized spacial score (nSPS) is 11.6. The molecule has 0 bridgehead atoms. The molecule has 1 amide bonds. The molecule has 0 radical (unpaired) electrons. The van der Waals surface area contributed by atoms with Crippen molar-refractivity contribution in [3.05, 3.63) is 95.7 Å². The number of carbonyl (C=O) groups excluding carboxylic acids is 1. The van der Waals surface area contributed by atoms with Gasteiger partial charge in [-0.3, -0.25) is 4.79 Å². The van der Waals surface area contributed by atoms with Gasteiger partial charge in [0.05, 0.1) is 33.3 Å². The van der Waals surface area contributed by atoms with Crippen LogP contribution in [0.4, 0.5) is 18.9 Å². The second kappa shape index (κ2) is 9.31. The number of benzene rings is 3. The number of aromatic nitrogens is 2. The van der Waals surface area contributed by atoms with E-state index in [-0.39, 0.29) is 21.8 Å². The molecule has 4 aromatic rings. The molecule has 7 nitrogen and oxygen atoms in total. The first-order chi connectivity index (χ1) is 17.0. The van der Waals surface area contributed by atoms with Crippen LogP contribution >= 0.6 is 0 Å². The molecule has 0 unspecified atom stereocenters. The Morgan fingerprint density at radius 2 is 1.72 bits per heavy atom. The van der Waals surface area contributed by atoms with Crippen molar-refractivity contribution in [2.75, 3.05) is 11.6 Å². The van der Waals surface area contributed by atoms with Gasteiger partial charge in [0.15, 0.2) is 9.84 Å². The molecule has 1 aromatic heterocycles. The zero-order chi connectivity index (χ0) is 26.1. The standard InChI is InChI=1S/C25H17F3N4O3S/c1-36(34,35)21-10-8-17(9-11-21)23-22(15-32(31-23)20-7-2-4-16(12-20)14-29)24(33)30-19-6-3-5-18(13-19)25(26,27)28/h2-13,15H,1H3,(H,30,33). The fourth-order valence-electron chi connectivity index (χ4n) is 3.44. The molecule has 4 rings (SSSR count). The van der Waals surface area contributed by atoms with E-state index in [0.29, 0.717) is 16.8 Å². The Bertz CT molecular complexity index is 1600. The minimum atomic E-state index is -4.58. The van der Waals surface area contributed by atoms with Crippen molar-refractivity contribution >= 4 is 21.4 Å². The highest BCUT2D eigenvalue weighted by Crippen LogP contribution is 2.31. The number of carbonyl (C=O) groups is 1. The second-order valence-electron chi connectivity index (χ2n) is 7.83. The van der Waals surface area contributed by atoms with Gasteiger partial charge in [0.25, 0.3) is 5.91 Å². The van der Waals surface area contributed by atoms with Crippen LogP contribution in [0.5, 0.6) is 0 Å². The number of anilines is 1. The highest BCUT2D eigenvalue weighted by atomic mass is 32.2. The SMILES string of the molecule is CS(=O)(=O)c1ccc(-c2nn(-c3cccc(C#N)c3)cc2C(=O)Nc2cccc(C(F)(F)F)c2)cc1. The van der Waals surface area contributed by atoms with Gasteiger partial charge < -0.3 is 5.32 Å². The average molecular weight is 510 g/mol. The molecule has 3 aromatic carbocycles.